The standard InChI is InChI=1S/C13H20N2O2S/c1-10(8-17-2)15-13(14)18-9-12-5-3-11(7-16)4-6-12/h3-6,10,16H,7-9H2,1-2H3,(H2,14,15). The molecule has 1 aromatic carbocycles. The number of nitrogens with two attached hydrogens (primary N) is 1. The first-order valence-corrected chi connectivity index (χ1v) is 6.78. The van der Waals surface area contributed by atoms with Crippen molar-refractivity contribution in [3.8, 4) is 0 Å². The lowest BCUT2D eigenvalue weighted by Gasteiger charge is -2.07. The summed E-state index contributed by atoms with van der Waals surface area (Å²) < 4.78 is 5.00. The number of thioether (sulfide) groups is 1. The molecule has 0 aliphatic carbocycles. The van der Waals surface area contributed by atoms with Crippen LogP contribution in [0.2, 0.25) is 0 Å². The number of nitrogens with zero attached hydrogens (tertiary/aromatic N) is 1. The molecule has 18 heavy (non-hydrogen) atoms. The molecule has 0 radical (unpaired) electrons. The highest BCUT2D eigenvalue weighted by molar-refractivity contribution is 8.13. The molecule has 100 valence electrons. The van der Waals surface area contributed by atoms with E-state index < -0.39 is 0 Å². The van der Waals surface area contributed by atoms with Gasteiger partial charge < -0.3 is 15.6 Å². The van der Waals surface area contributed by atoms with Crippen LogP contribution in [0.1, 0.15) is 18.1 Å². The predicted molar refractivity (Wildman–Crippen MR) is 76.6 cm³/mol. The maximum Gasteiger partial charge on any atom is 0.154 e. The number of ether oxygens (including phenoxy) is 1. The van der Waals surface area contributed by atoms with Crippen LogP contribution in [0.15, 0.2) is 29.3 Å². The summed E-state index contributed by atoms with van der Waals surface area (Å²) in [6.07, 6.45) is 0. The zero-order chi connectivity index (χ0) is 13.4. The van der Waals surface area contributed by atoms with Gasteiger partial charge in [0.1, 0.15) is 0 Å². The summed E-state index contributed by atoms with van der Waals surface area (Å²) in [6, 6.07) is 7.89. The zero-order valence-electron chi connectivity index (χ0n) is 10.8. The summed E-state index contributed by atoms with van der Waals surface area (Å²) in [5.41, 5.74) is 7.90. The van der Waals surface area contributed by atoms with E-state index >= 15 is 0 Å². The topological polar surface area (TPSA) is 67.8 Å². The Hall–Kier alpha value is -1.04. The summed E-state index contributed by atoms with van der Waals surface area (Å²) in [6.45, 7) is 2.62. The molecule has 3 N–H and O–H groups in total. The molecule has 0 aliphatic heterocycles. The van der Waals surface area contributed by atoms with Gasteiger partial charge >= 0.3 is 0 Å². The minimum Gasteiger partial charge on any atom is -0.392 e. The van der Waals surface area contributed by atoms with Crippen LogP contribution in [0.4, 0.5) is 0 Å². The predicted octanol–water partition coefficient (Wildman–Crippen LogP) is 1.76. The van der Waals surface area contributed by atoms with Crippen molar-refractivity contribution in [2.24, 2.45) is 10.7 Å². The second-order valence-corrected chi connectivity index (χ2v) is 5.03. The van der Waals surface area contributed by atoms with E-state index in [9.17, 15) is 0 Å². The fraction of sp³-hybridized carbons (Fsp3) is 0.462. The third-order valence-corrected chi connectivity index (χ3v) is 3.23. The lowest BCUT2D eigenvalue weighted by Crippen LogP contribution is -2.15. The Morgan fingerprint density at radius 2 is 2.00 bits per heavy atom. The highest BCUT2D eigenvalue weighted by atomic mass is 32.2. The Bertz CT molecular complexity index is 379. The van der Waals surface area contributed by atoms with E-state index in [2.05, 4.69) is 4.99 Å². The molecule has 1 unspecified atom stereocenters. The number of hydrogen-bond donors (Lipinski definition) is 2. The molecule has 0 saturated heterocycles. The van der Waals surface area contributed by atoms with Crippen molar-refractivity contribution in [2.75, 3.05) is 13.7 Å². The summed E-state index contributed by atoms with van der Waals surface area (Å²) in [4.78, 5) is 4.31. The summed E-state index contributed by atoms with van der Waals surface area (Å²) >= 11 is 1.51. The molecule has 0 bridgehead atoms. The van der Waals surface area contributed by atoms with E-state index in [-0.39, 0.29) is 12.6 Å². The first kappa shape index (κ1) is 15.0. The Kier molecular flexibility index (Phi) is 6.78. The molecule has 4 nitrogen and oxygen atoms in total. The first-order valence-electron chi connectivity index (χ1n) is 5.79. The number of benzene rings is 1. The average Bonchev–Trinajstić information content (AvgIpc) is 2.37. The molecule has 0 fully saturated rings. The Morgan fingerprint density at radius 1 is 1.39 bits per heavy atom. The third kappa shape index (κ3) is 5.53. The maximum atomic E-state index is 8.94. The van der Waals surface area contributed by atoms with Crippen LogP contribution < -0.4 is 5.73 Å². The smallest absolute Gasteiger partial charge is 0.154 e. The quantitative estimate of drug-likeness (QED) is 0.609. The van der Waals surface area contributed by atoms with Crippen LogP contribution in [-0.2, 0) is 17.1 Å². The van der Waals surface area contributed by atoms with Gasteiger partial charge in [-0.3, -0.25) is 4.99 Å². The van der Waals surface area contributed by atoms with Gasteiger partial charge in [-0.15, -0.1) is 0 Å². The minimum atomic E-state index is 0.0750. The fourth-order valence-corrected chi connectivity index (χ4v) is 2.19. The van der Waals surface area contributed by atoms with E-state index in [1.807, 2.05) is 31.2 Å². The van der Waals surface area contributed by atoms with Gasteiger partial charge in [-0.25, -0.2) is 0 Å². The largest absolute Gasteiger partial charge is 0.392 e. The zero-order valence-corrected chi connectivity index (χ0v) is 11.6. The van der Waals surface area contributed by atoms with E-state index in [0.29, 0.717) is 11.8 Å². The van der Waals surface area contributed by atoms with Gasteiger partial charge in [0.2, 0.25) is 0 Å². The first-order chi connectivity index (χ1) is 8.65. The second kappa shape index (κ2) is 8.13. The monoisotopic (exact) mass is 268 g/mol. The molecule has 0 aromatic heterocycles. The Morgan fingerprint density at radius 3 is 2.56 bits per heavy atom. The van der Waals surface area contributed by atoms with Gasteiger partial charge in [0.15, 0.2) is 5.17 Å². The minimum absolute atomic E-state index is 0.0750. The van der Waals surface area contributed by atoms with Crippen molar-refractivity contribution >= 4 is 16.9 Å². The van der Waals surface area contributed by atoms with Gasteiger partial charge in [0.05, 0.1) is 19.3 Å². The van der Waals surface area contributed by atoms with Gasteiger partial charge in [-0.2, -0.15) is 0 Å². The number of rotatable bonds is 6. The number of aliphatic imine (C=N–C) groups is 1. The van der Waals surface area contributed by atoms with Crippen LogP contribution in [-0.4, -0.2) is 30.0 Å². The molecular weight excluding hydrogens is 248 g/mol. The highest BCUT2D eigenvalue weighted by Gasteiger charge is 2.01. The van der Waals surface area contributed by atoms with Crippen molar-refractivity contribution in [2.45, 2.75) is 25.3 Å². The lowest BCUT2D eigenvalue weighted by atomic mass is 10.2. The number of amidine groups is 1. The average molecular weight is 268 g/mol. The SMILES string of the molecule is COCC(C)N=C(N)SCc1ccc(CO)cc1. The normalized spacial score (nSPS) is 13.6. The molecular formula is C13H20N2O2S. The molecule has 1 aromatic rings. The molecule has 0 saturated carbocycles. The van der Waals surface area contributed by atoms with E-state index in [4.69, 9.17) is 15.6 Å². The van der Waals surface area contributed by atoms with Crippen LogP contribution in [0.3, 0.4) is 0 Å². The lowest BCUT2D eigenvalue weighted by molar-refractivity contribution is 0.186. The number of aliphatic hydroxyl groups excluding tert-OH is 1. The van der Waals surface area contributed by atoms with Gasteiger partial charge in [0, 0.05) is 12.9 Å². The maximum absolute atomic E-state index is 8.94. The van der Waals surface area contributed by atoms with Crippen LogP contribution in [0, 0.1) is 0 Å². The Labute approximate surface area is 112 Å². The second-order valence-electron chi connectivity index (χ2n) is 4.03. The number of methoxy groups -OCH3 is 1. The summed E-state index contributed by atoms with van der Waals surface area (Å²) in [5, 5.41) is 9.51. The summed E-state index contributed by atoms with van der Waals surface area (Å²) in [7, 11) is 1.65. The molecule has 0 amide bonds. The van der Waals surface area contributed by atoms with E-state index in [1.54, 1.807) is 7.11 Å². The number of aliphatic hydroxyl groups is 1. The van der Waals surface area contributed by atoms with Crippen LogP contribution >= 0.6 is 11.8 Å². The molecule has 0 heterocycles. The van der Waals surface area contributed by atoms with Gasteiger partial charge in [-0.05, 0) is 18.1 Å². The van der Waals surface area contributed by atoms with Crippen molar-refractivity contribution < 1.29 is 9.84 Å². The Balaban J connectivity index is 2.43. The van der Waals surface area contributed by atoms with Gasteiger partial charge in [0.25, 0.3) is 0 Å². The van der Waals surface area contributed by atoms with Crippen molar-refractivity contribution in [1.82, 2.24) is 0 Å². The van der Waals surface area contributed by atoms with E-state index in [1.165, 1.54) is 11.8 Å². The molecule has 1 atom stereocenters. The molecule has 0 aliphatic rings. The van der Waals surface area contributed by atoms with Crippen molar-refractivity contribution in [3.63, 3.8) is 0 Å². The summed E-state index contributed by atoms with van der Waals surface area (Å²) in [5.74, 6) is 0.779. The third-order valence-electron chi connectivity index (χ3n) is 2.35. The van der Waals surface area contributed by atoms with Crippen molar-refractivity contribution in [3.05, 3.63) is 35.4 Å². The highest BCUT2D eigenvalue weighted by Crippen LogP contribution is 2.13. The van der Waals surface area contributed by atoms with Crippen LogP contribution in [0.5, 0.6) is 0 Å². The molecule has 1 rings (SSSR count). The molecule has 5 heteroatoms. The van der Waals surface area contributed by atoms with Crippen LogP contribution in [0.25, 0.3) is 0 Å². The molecule has 0 spiro atoms. The van der Waals surface area contributed by atoms with Crippen molar-refractivity contribution in [1.29, 1.82) is 0 Å². The number of hydrogen-bond acceptors (Lipinski definition) is 4. The van der Waals surface area contributed by atoms with E-state index in [0.717, 1.165) is 16.9 Å². The fourth-order valence-electron chi connectivity index (χ4n) is 1.43. The van der Waals surface area contributed by atoms with Gasteiger partial charge in [-0.1, -0.05) is 36.0 Å².